The van der Waals surface area contributed by atoms with Crippen molar-refractivity contribution in [3.63, 3.8) is 0 Å². The monoisotopic (exact) mass is 238 g/mol. The molecule has 0 bridgehead atoms. The molecule has 1 aromatic heterocycles. The Labute approximate surface area is 103 Å². The zero-order valence-electron chi connectivity index (χ0n) is 10.8. The lowest BCUT2D eigenvalue weighted by molar-refractivity contribution is 0.305. The summed E-state index contributed by atoms with van der Waals surface area (Å²) in [6, 6.07) is 2.17. The number of nitrogens with one attached hydrogen (secondary N) is 1. The lowest BCUT2D eigenvalue weighted by Gasteiger charge is -2.16. The molecule has 2 atom stereocenters. The SMILES string of the molecule is CCCOc1ccnc(NC(C)CC(C)N)n1. The molecule has 5 nitrogen and oxygen atoms in total. The fourth-order valence-electron chi connectivity index (χ4n) is 1.54. The Bertz CT molecular complexity index is 330. The van der Waals surface area contributed by atoms with Crippen LogP contribution in [0.1, 0.15) is 33.6 Å². The van der Waals surface area contributed by atoms with Crippen molar-refractivity contribution in [2.75, 3.05) is 11.9 Å². The minimum Gasteiger partial charge on any atom is -0.478 e. The summed E-state index contributed by atoms with van der Waals surface area (Å²) >= 11 is 0. The zero-order chi connectivity index (χ0) is 12.7. The van der Waals surface area contributed by atoms with Crippen molar-refractivity contribution >= 4 is 5.95 Å². The van der Waals surface area contributed by atoms with Crippen LogP contribution in [-0.4, -0.2) is 28.7 Å². The van der Waals surface area contributed by atoms with Crippen molar-refractivity contribution in [3.05, 3.63) is 12.3 Å². The van der Waals surface area contributed by atoms with Crippen molar-refractivity contribution < 1.29 is 4.74 Å². The highest BCUT2D eigenvalue weighted by atomic mass is 16.5. The highest BCUT2D eigenvalue weighted by molar-refractivity contribution is 5.28. The second kappa shape index (κ2) is 7.06. The van der Waals surface area contributed by atoms with Crippen LogP contribution in [0.2, 0.25) is 0 Å². The quantitative estimate of drug-likeness (QED) is 0.757. The lowest BCUT2D eigenvalue weighted by Crippen LogP contribution is -2.26. The molecule has 3 N–H and O–H groups in total. The number of ether oxygens (including phenoxy) is 1. The first-order valence-electron chi connectivity index (χ1n) is 6.09. The van der Waals surface area contributed by atoms with Crippen LogP contribution < -0.4 is 15.8 Å². The molecule has 0 amide bonds. The third kappa shape index (κ3) is 5.49. The maximum atomic E-state index is 5.74. The molecule has 2 unspecified atom stereocenters. The average molecular weight is 238 g/mol. The van der Waals surface area contributed by atoms with Crippen molar-refractivity contribution in [1.29, 1.82) is 0 Å². The van der Waals surface area contributed by atoms with E-state index in [0.717, 1.165) is 12.8 Å². The molecule has 0 saturated carbocycles. The summed E-state index contributed by atoms with van der Waals surface area (Å²) in [7, 11) is 0. The van der Waals surface area contributed by atoms with Gasteiger partial charge in [0.05, 0.1) is 6.61 Å². The molecule has 1 heterocycles. The van der Waals surface area contributed by atoms with Crippen LogP contribution in [0.4, 0.5) is 5.95 Å². The van der Waals surface area contributed by atoms with Gasteiger partial charge in [-0.25, -0.2) is 4.98 Å². The third-order valence-corrected chi connectivity index (χ3v) is 2.18. The number of rotatable bonds is 7. The van der Waals surface area contributed by atoms with Crippen LogP contribution in [-0.2, 0) is 0 Å². The van der Waals surface area contributed by atoms with Crippen molar-refractivity contribution in [1.82, 2.24) is 9.97 Å². The molecule has 96 valence electrons. The van der Waals surface area contributed by atoms with E-state index in [9.17, 15) is 0 Å². The van der Waals surface area contributed by atoms with E-state index in [1.54, 1.807) is 12.3 Å². The highest BCUT2D eigenvalue weighted by Crippen LogP contribution is 2.10. The zero-order valence-corrected chi connectivity index (χ0v) is 10.8. The highest BCUT2D eigenvalue weighted by Gasteiger charge is 2.07. The minimum absolute atomic E-state index is 0.164. The Morgan fingerprint density at radius 1 is 1.47 bits per heavy atom. The predicted molar refractivity (Wildman–Crippen MR) is 69.2 cm³/mol. The van der Waals surface area contributed by atoms with E-state index in [-0.39, 0.29) is 12.1 Å². The standard InChI is InChI=1S/C12H22N4O/c1-4-7-17-11-5-6-14-12(16-11)15-10(3)8-9(2)13/h5-6,9-10H,4,7-8,13H2,1-3H3,(H,14,15,16). The van der Waals surface area contributed by atoms with Gasteiger partial charge >= 0.3 is 0 Å². The minimum atomic E-state index is 0.164. The summed E-state index contributed by atoms with van der Waals surface area (Å²) in [6.45, 7) is 6.78. The Morgan fingerprint density at radius 3 is 2.88 bits per heavy atom. The molecule has 0 aliphatic rings. The molecule has 0 aliphatic carbocycles. The molecule has 1 aromatic rings. The van der Waals surface area contributed by atoms with Gasteiger partial charge in [-0.1, -0.05) is 6.92 Å². The van der Waals surface area contributed by atoms with Crippen molar-refractivity contribution in [3.8, 4) is 5.88 Å². The fourth-order valence-corrected chi connectivity index (χ4v) is 1.54. The number of hydrogen-bond acceptors (Lipinski definition) is 5. The Morgan fingerprint density at radius 2 is 2.24 bits per heavy atom. The van der Waals surface area contributed by atoms with Crippen molar-refractivity contribution in [2.45, 2.75) is 45.7 Å². The molecule has 0 saturated heterocycles. The Hall–Kier alpha value is -1.36. The molecular formula is C12H22N4O. The molecule has 0 fully saturated rings. The van der Waals surface area contributed by atoms with E-state index in [2.05, 4.69) is 29.1 Å². The van der Waals surface area contributed by atoms with E-state index in [1.807, 2.05) is 6.92 Å². The second-order valence-corrected chi connectivity index (χ2v) is 4.33. The molecule has 5 heteroatoms. The molecule has 1 rings (SSSR count). The predicted octanol–water partition coefficient (Wildman–Crippen LogP) is 1.80. The van der Waals surface area contributed by atoms with Crippen LogP contribution in [0, 0.1) is 0 Å². The van der Waals surface area contributed by atoms with Gasteiger partial charge in [0.2, 0.25) is 11.8 Å². The van der Waals surface area contributed by atoms with Gasteiger partial charge < -0.3 is 15.8 Å². The first kappa shape index (κ1) is 13.7. The molecule has 0 aliphatic heterocycles. The summed E-state index contributed by atoms with van der Waals surface area (Å²) in [5, 5.41) is 3.21. The smallest absolute Gasteiger partial charge is 0.226 e. The number of hydrogen-bond donors (Lipinski definition) is 2. The van der Waals surface area contributed by atoms with Crippen LogP contribution in [0.25, 0.3) is 0 Å². The van der Waals surface area contributed by atoms with Gasteiger partial charge in [0, 0.05) is 24.3 Å². The van der Waals surface area contributed by atoms with Crippen LogP contribution >= 0.6 is 0 Å². The summed E-state index contributed by atoms with van der Waals surface area (Å²) in [6.07, 6.45) is 3.54. The molecule has 0 aromatic carbocycles. The molecule has 17 heavy (non-hydrogen) atoms. The summed E-state index contributed by atoms with van der Waals surface area (Å²) < 4.78 is 5.44. The van der Waals surface area contributed by atoms with E-state index in [1.165, 1.54) is 0 Å². The van der Waals surface area contributed by atoms with E-state index < -0.39 is 0 Å². The average Bonchev–Trinajstić information content (AvgIpc) is 2.25. The first-order valence-corrected chi connectivity index (χ1v) is 6.09. The van der Waals surface area contributed by atoms with E-state index >= 15 is 0 Å². The van der Waals surface area contributed by atoms with E-state index in [4.69, 9.17) is 10.5 Å². The summed E-state index contributed by atoms with van der Waals surface area (Å²) in [4.78, 5) is 8.42. The van der Waals surface area contributed by atoms with Crippen molar-refractivity contribution in [2.24, 2.45) is 5.73 Å². The lowest BCUT2D eigenvalue weighted by atomic mass is 10.1. The first-order chi connectivity index (χ1) is 8.11. The van der Waals surface area contributed by atoms with Gasteiger partial charge in [0.25, 0.3) is 0 Å². The van der Waals surface area contributed by atoms with Crippen LogP contribution in [0.5, 0.6) is 5.88 Å². The Kier molecular flexibility index (Phi) is 5.69. The van der Waals surface area contributed by atoms with E-state index in [0.29, 0.717) is 18.4 Å². The van der Waals surface area contributed by atoms with Crippen LogP contribution in [0.3, 0.4) is 0 Å². The van der Waals surface area contributed by atoms with Gasteiger partial charge in [-0.2, -0.15) is 4.98 Å². The fraction of sp³-hybridized carbons (Fsp3) is 0.667. The number of aromatic nitrogens is 2. The van der Waals surface area contributed by atoms with Gasteiger partial charge in [-0.15, -0.1) is 0 Å². The number of nitrogens with zero attached hydrogens (tertiary/aromatic N) is 2. The van der Waals surface area contributed by atoms with Crippen LogP contribution in [0.15, 0.2) is 12.3 Å². The van der Waals surface area contributed by atoms with Gasteiger partial charge in [-0.05, 0) is 26.7 Å². The number of nitrogens with two attached hydrogens (primary N) is 1. The maximum absolute atomic E-state index is 5.74. The van der Waals surface area contributed by atoms with Gasteiger partial charge in [0.1, 0.15) is 0 Å². The Balaban J connectivity index is 2.52. The van der Waals surface area contributed by atoms with Gasteiger partial charge in [0.15, 0.2) is 0 Å². The summed E-state index contributed by atoms with van der Waals surface area (Å²) in [5.74, 6) is 1.20. The molecule has 0 radical (unpaired) electrons. The number of anilines is 1. The maximum Gasteiger partial charge on any atom is 0.226 e. The third-order valence-electron chi connectivity index (χ3n) is 2.18. The largest absolute Gasteiger partial charge is 0.478 e. The second-order valence-electron chi connectivity index (χ2n) is 4.33. The topological polar surface area (TPSA) is 73.1 Å². The van der Waals surface area contributed by atoms with Gasteiger partial charge in [-0.3, -0.25) is 0 Å². The molecule has 0 spiro atoms. The normalized spacial score (nSPS) is 14.1. The molecular weight excluding hydrogens is 216 g/mol. The summed E-state index contributed by atoms with van der Waals surface area (Å²) in [5.41, 5.74) is 5.74.